The standard InChI is InChI=1S/C21H30N2O6/c1-26-17-7-6-14(10-19(17)29-18-9-13-4-5-15(18)8-13)16(11-22-20(24)27-2)12-23-21(25)28-3/h6-7,10,13,15-16,18H,4-5,8-9,11-12H2,1-3H3,(H,22,24)(H,23,25). The fourth-order valence-electron chi connectivity index (χ4n) is 4.40. The molecule has 1 aromatic carbocycles. The Morgan fingerprint density at radius 3 is 2.21 bits per heavy atom. The number of hydrogen-bond donors (Lipinski definition) is 2. The van der Waals surface area contributed by atoms with Crippen molar-refractivity contribution in [3.05, 3.63) is 23.8 Å². The van der Waals surface area contributed by atoms with Gasteiger partial charge in [0.05, 0.1) is 21.3 Å². The minimum absolute atomic E-state index is 0.193. The maximum atomic E-state index is 11.5. The lowest BCUT2D eigenvalue weighted by Crippen LogP contribution is -2.35. The molecule has 0 radical (unpaired) electrons. The Bertz CT molecular complexity index is 705. The lowest BCUT2D eigenvalue weighted by atomic mass is 9.96. The van der Waals surface area contributed by atoms with E-state index in [1.807, 2.05) is 18.2 Å². The van der Waals surface area contributed by atoms with E-state index in [2.05, 4.69) is 20.1 Å². The molecule has 2 aliphatic carbocycles. The summed E-state index contributed by atoms with van der Waals surface area (Å²) in [5.74, 6) is 2.58. The van der Waals surface area contributed by atoms with Crippen LogP contribution >= 0.6 is 0 Å². The van der Waals surface area contributed by atoms with E-state index in [1.54, 1.807) is 7.11 Å². The van der Waals surface area contributed by atoms with Gasteiger partial charge >= 0.3 is 12.2 Å². The van der Waals surface area contributed by atoms with E-state index < -0.39 is 12.2 Å². The Hall–Kier alpha value is -2.64. The predicted molar refractivity (Wildman–Crippen MR) is 106 cm³/mol. The van der Waals surface area contributed by atoms with Crippen LogP contribution in [-0.4, -0.2) is 52.7 Å². The van der Waals surface area contributed by atoms with Crippen molar-refractivity contribution in [2.75, 3.05) is 34.4 Å². The molecule has 3 atom stereocenters. The maximum Gasteiger partial charge on any atom is 0.406 e. The van der Waals surface area contributed by atoms with E-state index in [0.29, 0.717) is 17.4 Å². The second kappa shape index (κ2) is 9.71. The van der Waals surface area contributed by atoms with Gasteiger partial charge in [-0.3, -0.25) is 0 Å². The molecule has 2 fully saturated rings. The van der Waals surface area contributed by atoms with Gasteiger partial charge in [0, 0.05) is 19.0 Å². The highest BCUT2D eigenvalue weighted by Gasteiger charge is 2.41. The van der Waals surface area contributed by atoms with Gasteiger partial charge < -0.3 is 29.6 Å². The van der Waals surface area contributed by atoms with E-state index in [-0.39, 0.29) is 25.1 Å². The summed E-state index contributed by atoms with van der Waals surface area (Å²) in [6, 6.07) is 5.71. The summed E-state index contributed by atoms with van der Waals surface area (Å²) in [6.45, 7) is 0.577. The highest BCUT2D eigenvalue weighted by molar-refractivity contribution is 5.68. The van der Waals surface area contributed by atoms with E-state index >= 15 is 0 Å². The smallest absolute Gasteiger partial charge is 0.406 e. The topological polar surface area (TPSA) is 95.1 Å². The third-order valence-corrected chi connectivity index (χ3v) is 5.97. The van der Waals surface area contributed by atoms with Crippen molar-refractivity contribution in [1.82, 2.24) is 10.6 Å². The number of fused-ring (bicyclic) bond motifs is 2. The molecular weight excluding hydrogens is 376 g/mol. The van der Waals surface area contributed by atoms with Crippen LogP contribution in [0.3, 0.4) is 0 Å². The lowest BCUT2D eigenvalue weighted by Gasteiger charge is -2.25. The number of amides is 2. The first-order chi connectivity index (χ1) is 14.0. The van der Waals surface area contributed by atoms with Crippen LogP contribution in [0.1, 0.15) is 37.2 Å². The van der Waals surface area contributed by atoms with Crippen LogP contribution in [0, 0.1) is 11.8 Å². The SMILES string of the molecule is COC(=O)NCC(CNC(=O)OC)c1ccc(OC)c(OC2CC3CCC2C3)c1. The van der Waals surface area contributed by atoms with Crippen molar-refractivity contribution in [3.63, 3.8) is 0 Å². The van der Waals surface area contributed by atoms with Crippen LogP contribution in [0.2, 0.25) is 0 Å². The monoisotopic (exact) mass is 406 g/mol. The minimum Gasteiger partial charge on any atom is -0.493 e. The molecule has 3 unspecified atom stereocenters. The van der Waals surface area contributed by atoms with Gasteiger partial charge in [0.25, 0.3) is 0 Å². The van der Waals surface area contributed by atoms with Crippen molar-refractivity contribution in [1.29, 1.82) is 0 Å². The van der Waals surface area contributed by atoms with Gasteiger partial charge in [-0.2, -0.15) is 0 Å². The van der Waals surface area contributed by atoms with Gasteiger partial charge in [0.15, 0.2) is 11.5 Å². The Labute approximate surface area is 171 Å². The van der Waals surface area contributed by atoms with Crippen LogP contribution < -0.4 is 20.1 Å². The number of carbonyl (C=O) groups excluding carboxylic acids is 2. The second-order valence-electron chi connectivity index (χ2n) is 7.68. The molecule has 8 heteroatoms. The fraction of sp³-hybridized carbons (Fsp3) is 0.619. The number of methoxy groups -OCH3 is 3. The number of rotatable bonds is 8. The predicted octanol–water partition coefficient (Wildman–Crippen LogP) is 3.06. The number of benzene rings is 1. The van der Waals surface area contributed by atoms with Crippen molar-refractivity contribution >= 4 is 12.2 Å². The average molecular weight is 406 g/mol. The highest BCUT2D eigenvalue weighted by Crippen LogP contribution is 2.47. The van der Waals surface area contributed by atoms with Crippen LogP contribution in [0.25, 0.3) is 0 Å². The second-order valence-corrected chi connectivity index (χ2v) is 7.68. The van der Waals surface area contributed by atoms with E-state index in [0.717, 1.165) is 17.9 Å². The molecule has 0 aliphatic heterocycles. The van der Waals surface area contributed by atoms with Crippen molar-refractivity contribution in [2.45, 2.75) is 37.7 Å². The highest BCUT2D eigenvalue weighted by atomic mass is 16.5. The first-order valence-electron chi connectivity index (χ1n) is 10.0. The molecule has 160 valence electrons. The summed E-state index contributed by atoms with van der Waals surface area (Å²) in [6.07, 6.45) is 4.04. The minimum atomic E-state index is -0.528. The maximum absolute atomic E-state index is 11.5. The zero-order valence-corrected chi connectivity index (χ0v) is 17.2. The molecule has 8 nitrogen and oxygen atoms in total. The van der Waals surface area contributed by atoms with Gasteiger partial charge in [-0.1, -0.05) is 6.07 Å². The number of hydrogen-bond acceptors (Lipinski definition) is 6. The molecule has 2 N–H and O–H groups in total. The van der Waals surface area contributed by atoms with Gasteiger partial charge in [0.2, 0.25) is 0 Å². The van der Waals surface area contributed by atoms with Crippen LogP contribution in [0.15, 0.2) is 18.2 Å². The molecule has 1 aromatic rings. The first-order valence-corrected chi connectivity index (χ1v) is 10.0. The summed E-state index contributed by atoms with van der Waals surface area (Å²) >= 11 is 0. The molecule has 0 spiro atoms. The summed E-state index contributed by atoms with van der Waals surface area (Å²) in [5, 5.41) is 5.38. The largest absolute Gasteiger partial charge is 0.493 e. The Kier molecular flexibility index (Phi) is 7.06. The lowest BCUT2D eigenvalue weighted by molar-refractivity contribution is 0.133. The van der Waals surface area contributed by atoms with Crippen LogP contribution in [0.5, 0.6) is 11.5 Å². The molecular formula is C21H30N2O6. The number of carbonyl (C=O) groups is 2. The summed E-state index contributed by atoms with van der Waals surface area (Å²) in [5.41, 5.74) is 0.914. The summed E-state index contributed by atoms with van der Waals surface area (Å²) in [7, 11) is 4.25. The Morgan fingerprint density at radius 1 is 1.00 bits per heavy atom. The zero-order valence-electron chi connectivity index (χ0n) is 17.2. The molecule has 3 rings (SSSR count). The molecule has 2 bridgehead atoms. The molecule has 2 amide bonds. The third-order valence-electron chi connectivity index (χ3n) is 5.97. The average Bonchev–Trinajstić information content (AvgIpc) is 3.36. The zero-order chi connectivity index (χ0) is 20.8. The van der Waals surface area contributed by atoms with Gasteiger partial charge in [0.1, 0.15) is 6.10 Å². The Morgan fingerprint density at radius 2 is 1.69 bits per heavy atom. The van der Waals surface area contributed by atoms with Crippen molar-refractivity contribution in [3.8, 4) is 11.5 Å². The number of alkyl carbamates (subject to hydrolysis) is 2. The molecule has 29 heavy (non-hydrogen) atoms. The van der Waals surface area contributed by atoms with Gasteiger partial charge in [-0.25, -0.2) is 9.59 Å². The van der Waals surface area contributed by atoms with Crippen molar-refractivity contribution in [2.24, 2.45) is 11.8 Å². The van der Waals surface area contributed by atoms with Gasteiger partial charge in [-0.05, 0) is 55.2 Å². The van der Waals surface area contributed by atoms with Crippen LogP contribution in [-0.2, 0) is 9.47 Å². The van der Waals surface area contributed by atoms with Gasteiger partial charge in [-0.15, -0.1) is 0 Å². The van der Waals surface area contributed by atoms with Crippen molar-refractivity contribution < 1.29 is 28.5 Å². The molecule has 0 aromatic heterocycles. The normalized spacial score (nSPS) is 22.3. The molecule has 2 saturated carbocycles. The quantitative estimate of drug-likeness (QED) is 0.689. The molecule has 2 aliphatic rings. The van der Waals surface area contributed by atoms with E-state index in [4.69, 9.17) is 9.47 Å². The third kappa shape index (κ3) is 5.25. The molecule has 0 heterocycles. The van der Waals surface area contributed by atoms with E-state index in [9.17, 15) is 9.59 Å². The van der Waals surface area contributed by atoms with Crippen LogP contribution in [0.4, 0.5) is 9.59 Å². The summed E-state index contributed by atoms with van der Waals surface area (Å²) < 4.78 is 21.2. The number of ether oxygens (including phenoxy) is 4. The molecule has 0 saturated heterocycles. The van der Waals surface area contributed by atoms with E-state index in [1.165, 1.54) is 33.5 Å². The Balaban J connectivity index is 1.76. The first kappa shape index (κ1) is 21.1. The fourth-order valence-corrected chi connectivity index (χ4v) is 4.40. The summed E-state index contributed by atoms with van der Waals surface area (Å²) in [4.78, 5) is 23.0. The number of nitrogens with one attached hydrogen (secondary N) is 2.